The van der Waals surface area contributed by atoms with Crippen LogP contribution in [-0.4, -0.2) is 45.8 Å². The minimum Gasteiger partial charge on any atom is -0.487 e. The summed E-state index contributed by atoms with van der Waals surface area (Å²) in [6, 6.07) is 14.0. The third kappa shape index (κ3) is 4.94. The van der Waals surface area contributed by atoms with E-state index >= 15 is 0 Å². The van der Waals surface area contributed by atoms with Crippen molar-refractivity contribution in [2.45, 2.75) is 51.8 Å². The maximum absolute atomic E-state index is 11.7. The number of carbonyl (C=O) groups is 1. The fourth-order valence-corrected chi connectivity index (χ4v) is 3.73. The molecule has 28 heavy (non-hydrogen) atoms. The number of amides is 1. The van der Waals surface area contributed by atoms with Crippen LogP contribution >= 0.6 is 0 Å². The summed E-state index contributed by atoms with van der Waals surface area (Å²) in [7, 11) is 0. The Bertz CT molecular complexity index is 764. The molecule has 0 atom stereocenters. The zero-order valence-electron chi connectivity index (χ0n) is 16.8. The molecule has 0 aliphatic carbocycles. The van der Waals surface area contributed by atoms with Gasteiger partial charge < -0.3 is 19.6 Å². The van der Waals surface area contributed by atoms with Crippen molar-refractivity contribution in [2.75, 3.05) is 18.0 Å². The first-order valence-corrected chi connectivity index (χ1v) is 9.74. The number of carboxylic acid groups (broad SMARTS) is 1. The number of anilines is 1. The van der Waals surface area contributed by atoms with E-state index in [0.29, 0.717) is 6.61 Å². The Morgan fingerprint density at radius 2 is 1.86 bits per heavy atom. The van der Waals surface area contributed by atoms with Gasteiger partial charge in [0.2, 0.25) is 0 Å². The van der Waals surface area contributed by atoms with Crippen molar-refractivity contribution in [1.29, 1.82) is 0 Å². The van der Waals surface area contributed by atoms with Crippen LogP contribution in [-0.2, 0) is 6.61 Å². The number of rotatable bonds is 5. The Morgan fingerprint density at radius 1 is 1.18 bits per heavy atom. The van der Waals surface area contributed by atoms with E-state index in [1.54, 1.807) is 11.1 Å². The van der Waals surface area contributed by atoms with Gasteiger partial charge in [-0.3, -0.25) is 0 Å². The van der Waals surface area contributed by atoms with Crippen molar-refractivity contribution >= 4 is 11.9 Å². The van der Waals surface area contributed by atoms with Gasteiger partial charge in [-0.1, -0.05) is 30.3 Å². The van der Waals surface area contributed by atoms with E-state index in [4.69, 9.17) is 4.74 Å². The highest BCUT2D eigenvalue weighted by atomic mass is 16.5. The van der Waals surface area contributed by atoms with Crippen molar-refractivity contribution in [1.82, 2.24) is 9.88 Å². The van der Waals surface area contributed by atoms with E-state index in [1.165, 1.54) is 0 Å². The second-order valence-corrected chi connectivity index (χ2v) is 8.17. The summed E-state index contributed by atoms with van der Waals surface area (Å²) in [4.78, 5) is 20.0. The lowest BCUT2D eigenvalue weighted by atomic mass is 9.97. The first-order chi connectivity index (χ1) is 13.3. The molecule has 0 unspecified atom stereocenters. The van der Waals surface area contributed by atoms with Crippen LogP contribution in [0.15, 0.2) is 48.7 Å². The van der Waals surface area contributed by atoms with E-state index in [1.807, 2.05) is 63.2 Å². The first kappa shape index (κ1) is 20.0. The van der Waals surface area contributed by atoms with Crippen molar-refractivity contribution in [2.24, 2.45) is 0 Å². The highest BCUT2D eigenvalue weighted by Gasteiger charge is 2.35. The topological polar surface area (TPSA) is 65.9 Å². The predicted molar refractivity (Wildman–Crippen MR) is 110 cm³/mol. The van der Waals surface area contributed by atoms with Crippen LogP contribution in [0.2, 0.25) is 0 Å². The summed E-state index contributed by atoms with van der Waals surface area (Å²) in [6.07, 6.45) is 2.52. The third-order valence-corrected chi connectivity index (χ3v) is 5.05. The second-order valence-electron chi connectivity index (χ2n) is 8.17. The quantitative estimate of drug-likeness (QED) is 0.828. The van der Waals surface area contributed by atoms with Gasteiger partial charge in [-0.05, 0) is 51.3 Å². The number of hydrogen-bond donors (Lipinski definition) is 1. The zero-order chi connectivity index (χ0) is 20.1. The number of aromatic nitrogens is 1. The van der Waals surface area contributed by atoms with Crippen molar-refractivity contribution in [3.8, 4) is 5.75 Å². The van der Waals surface area contributed by atoms with Gasteiger partial charge in [0.1, 0.15) is 18.2 Å². The molecule has 1 N–H and O–H groups in total. The molecule has 1 fully saturated rings. The smallest absolute Gasteiger partial charge is 0.407 e. The van der Waals surface area contributed by atoms with Gasteiger partial charge in [-0.2, -0.15) is 0 Å². The summed E-state index contributed by atoms with van der Waals surface area (Å²) in [6.45, 7) is 7.95. The van der Waals surface area contributed by atoms with E-state index in [-0.39, 0.29) is 6.04 Å². The van der Waals surface area contributed by atoms with Crippen LogP contribution in [0.3, 0.4) is 0 Å². The standard InChI is InChI=1S/C22H29N3O3/c1-22(2,3)25(21(26)27)18-11-13-24(14-12-18)20-10-9-19(15-23-20)28-16-17-7-5-4-6-8-17/h4-10,15,18H,11-14,16H2,1-3H3,(H,26,27). The van der Waals surface area contributed by atoms with Crippen LogP contribution in [0.5, 0.6) is 5.75 Å². The van der Waals surface area contributed by atoms with Crippen LogP contribution in [0, 0.1) is 0 Å². The molecule has 1 aliphatic rings. The summed E-state index contributed by atoms with van der Waals surface area (Å²) in [5, 5.41) is 9.59. The van der Waals surface area contributed by atoms with Crippen LogP contribution in [0.1, 0.15) is 39.2 Å². The molecule has 0 spiro atoms. The molecule has 0 saturated carbocycles. The molecule has 1 amide bonds. The Labute approximate surface area is 166 Å². The molecular weight excluding hydrogens is 354 g/mol. The predicted octanol–water partition coefficient (Wildman–Crippen LogP) is 4.41. The Hall–Kier alpha value is -2.76. The van der Waals surface area contributed by atoms with E-state index in [2.05, 4.69) is 9.88 Å². The summed E-state index contributed by atoms with van der Waals surface area (Å²) in [5.74, 6) is 1.65. The molecule has 1 saturated heterocycles. The Kier molecular flexibility index (Phi) is 6.07. The van der Waals surface area contributed by atoms with Crippen LogP contribution in [0.4, 0.5) is 10.6 Å². The number of pyridine rings is 1. The molecular formula is C22H29N3O3. The molecule has 1 aliphatic heterocycles. The van der Waals surface area contributed by atoms with E-state index < -0.39 is 11.6 Å². The van der Waals surface area contributed by atoms with Gasteiger partial charge in [-0.15, -0.1) is 0 Å². The minimum absolute atomic E-state index is 0.0437. The Morgan fingerprint density at radius 3 is 2.39 bits per heavy atom. The lowest BCUT2D eigenvalue weighted by molar-refractivity contribution is 0.0616. The summed E-state index contributed by atoms with van der Waals surface area (Å²) in [5.41, 5.74) is 0.727. The van der Waals surface area contributed by atoms with Crippen LogP contribution < -0.4 is 9.64 Å². The maximum Gasteiger partial charge on any atom is 0.407 e. The number of piperidine rings is 1. The Balaban J connectivity index is 1.55. The average Bonchev–Trinajstić information content (AvgIpc) is 2.67. The lowest BCUT2D eigenvalue weighted by Crippen LogP contribution is -2.54. The van der Waals surface area contributed by atoms with Crippen molar-refractivity contribution in [3.63, 3.8) is 0 Å². The number of benzene rings is 1. The minimum atomic E-state index is -0.844. The maximum atomic E-state index is 11.7. The van der Waals surface area contributed by atoms with Crippen molar-refractivity contribution < 1.29 is 14.6 Å². The monoisotopic (exact) mass is 383 g/mol. The lowest BCUT2D eigenvalue weighted by Gasteiger charge is -2.43. The van der Waals surface area contributed by atoms with Gasteiger partial charge in [-0.25, -0.2) is 9.78 Å². The van der Waals surface area contributed by atoms with Gasteiger partial charge in [0.15, 0.2) is 0 Å². The van der Waals surface area contributed by atoms with Crippen LogP contribution in [0.25, 0.3) is 0 Å². The molecule has 6 nitrogen and oxygen atoms in total. The average molecular weight is 383 g/mol. The highest BCUT2D eigenvalue weighted by Crippen LogP contribution is 2.27. The SMILES string of the molecule is CC(C)(C)N(C(=O)O)C1CCN(c2ccc(OCc3ccccc3)cn2)CC1. The number of hydrogen-bond acceptors (Lipinski definition) is 4. The summed E-state index contributed by atoms with van der Waals surface area (Å²) < 4.78 is 5.79. The van der Waals surface area contributed by atoms with Gasteiger partial charge in [0.25, 0.3) is 0 Å². The third-order valence-electron chi connectivity index (χ3n) is 5.05. The molecule has 0 bridgehead atoms. The van der Waals surface area contributed by atoms with Crippen molar-refractivity contribution in [3.05, 3.63) is 54.2 Å². The van der Waals surface area contributed by atoms with Gasteiger partial charge >= 0.3 is 6.09 Å². The normalized spacial score (nSPS) is 15.3. The number of nitrogens with zero attached hydrogens (tertiary/aromatic N) is 3. The number of ether oxygens (including phenoxy) is 1. The molecule has 2 aromatic rings. The molecule has 3 rings (SSSR count). The van der Waals surface area contributed by atoms with E-state index in [0.717, 1.165) is 43.1 Å². The highest BCUT2D eigenvalue weighted by molar-refractivity contribution is 5.66. The fourth-order valence-electron chi connectivity index (χ4n) is 3.73. The zero-order valence-corrected chi connectivity index (χ0v) is 16.8. The largest absolute Gasteiger partial charge is 0.487 e. The molecule has 1 aromatic heterocycles. The second kappa shape index (κ2) is 8.50. The first-order valence-electron chi connectivity index (χ1n) is 9.74. The molecule has 150 valence electrons. The molecule has 6 heteroatoms. The summed E-state index contributed by atoms with van der Waals surface area (Å²) >= 11 is 0. The van der Waals surface area contributed by atoms with Gasteiger partial charge in [0.05, 0.1) is 6.20 Å². The fraction of sp³-hybridized carbons (Fsp3) is 0.455. The molecule has 2 heterocycles. The van der Waals surface area contributed by atoms with E-state index in [9.17, 15) is 9.90 Å². The molecule has 1 aromatic carbocycles. The molecule has 0 radical (unpaired) electrons. The van der Waals surface area contributed by atoms with Gasteiger partial charge in [0, 0.05) is 24.7 Å².